The molecule has 0 aliphatic carbocycles. The van der Waals surface area contributed by atoms with Gasteiger partial charge in [-0.3, -0.25) is 0 Å². The number of rotatable bonds is 3. The van der Waals surface area contributed by atoms with Crippen molar-refractivity contribution in [1.29, 1.82) is 0 Å². The molecule has 0 aliphatic rings. The van der Waals surface area contributed by atoms with Crippen LogP contribution in [0.2, 0.25) is 0 Å². The van der Waals surface area contributed by atoms with Crippen molar-refractivity contribution in [3.05, 3.63) is 60.2 Å². The number of amides is 1. The minimum Gasteiger partial charge on any atom is -0.445 e. The number of hydrogen-bond donors (Lipinski definition) is 1. The molecule has 100 valence electrons. The van der Waals surface area contributed by atoms with Crippen molar-refractivity contribution < 1.29 is 9.53 Å². The number of carbonyl (C=O) groups is 1. The molecule has 1 amide bonds. The average molecular weight is 267 g/mol. The standard InChI is InChI=1S/C15H13N3O2/c19-15(20-12-13-6-2-1-3-7-13)18-9-4-8-14-16-10-5-11-17-14/h1-3,5-7,10-11H,9,12H2,(H,18,19). The number of benzene rings is 1. The van der Waals surface area contributed by atoms with E-state index in [1.165, 1.54) is 0 Å². The maximum atomic E-state index is 11.4. The Morgan fingerprint density at radius 1 is 1.15 bits per heavy atom. The van der Waals surface area contributed by atoms with Gasteiger partial charge in [0.2, 0.25) is 5.82 Å². The highest BCUT2D eigenvalue weighted by atomic mass is 16.5. The lowest BCUT2D eigenvalue weighted by Gasteiger charge is -2.04. The van der Waals surface area contributed by atoms with Gasteiger partial charge in [-0.1, -0.05) is 36.3 Å². The minimum absolute atomic E-state index is 0.186. The van der Waals surface area contributed by atoms with Gasteiger partial charge in [0.25, 0.3) is 0 Å². The predicted octanol–water partition coefficient (Wildman–Crippen LogP) is 1.75. The number of hydrogen-bond acceptors (Lipinski definition) is 4. The quantitative estimate of drug-likeness (QED) is 0.861. The fraction of sp³-hybridized carbons (Fsp3) is 0.133. The van der Waals surface area contributed by atoms with Crippen LogP contribution in [0, 0.1) is 11.8 Å². The highest BCUT2D eigenvalue weighted by molar-refractivity contribution is 5.67. The molecular formula is C15H13N3O2. The first-order chi connectivity index (χ1) is 9.84. The Bertz CT molecular complexity index is 603. The van der Waals surface area contributed by atoms with Gasteiger partial charge in [0.05, 0.1) is 6.54 Å². The fourth-order valence-corrected chi connectivity index (χ4v) is 1.38. The molecule has 0 saturated heterocycles. The first-order valence-corrected chi connectivity index (χ1v) is 6.05. The smallest absolute Gasteiger partial charge is 0.408 e. The zero-order valence-electron chi connectivity index (χ0n) is 10.7. The third-order valence-electron chi connectivity index (χ3n) is 2.30. The lowest BCUT2D eigenvalue weighted by atomic mass is 10.2. The second-order valence-electron chi connectivity index (χ2n) is 3.79. The van der Waals surface area contributed by atoms with Crippen LogP contribution >= 0.6 is 0 Å². The van der Waals surface area contributed by atoms with E-state index in [4.69, 9.17) is 4.74 Å². The van der Waals surface area contributed by atoms with E-state index in [0.717, 1.165) is 5.56 Å². The van der Waals surface area contributed by atoms with Gasteiger partial charge in [-0.2, -0.15) is 0 Å². The van der Waals surface area contributed by atoms with E-state index in [9.17, 15) is 4.79 Å². The van der Waals surface area contributed by atoms with Crippen LogP contribution in [0.15, 0.2) is 48.8 Å². The Morgan fingerprint density at radius 2 is 1.90 bits per heavy atom. The Morgan fingerprint density at radius 3 is 2.65 bits per heavy atom. The molecule has 5 heteroatoms. The molecule has 2 rings (SSSR count). The van der Waals surface area contributed by atoms with Gasteiger partial charge >= 0.3 is 6.09 Å². The molecule has 0 spiro atoms. The van der Waals surface area contributed by atoms with E-state index in [1.54, 1.807) is 18.5 Å². The normalized spacial score (nSPS) is 9.20. The van der Waals surface area contributed by atoms with Crippen LogP contribution in [-0.2, 0) is 11.3 Å². The maximum absolute atomic E-state index is 11.4. The van der Waals surface area contributed by atoms with Crippen LogP contribution < -0.4 is 5.32 Å². The average Bonchev–Trinajstić information content (AvgIpc) is 2.52. The Hall–Kier alpha value is -2.87. The lowest BCUT2D eigenvalue weighted by Crippen LogP contribution is -2.24. The number of carbonyl (C=O) groups excluding carboxylic acids is 1. The molecule has 1 aromatic heterocycles. The zero-order valence-corrected chi connectivity index (χ0v) is 10.7. The van der Waals surface area contributed by atoms with E-state index in [1.807, 2.05) is 30.3 Å². The van der Waals surface area contributed by atoms with Crippen LogP contribution in [0.3, 0.4) is 0 Å². The summed E-state index contributed by atoms with van der Waals surface area (Å²) in [6.07, 6.45) is 2.72. The SMILES string of the molecule is O=C(NCC#Cc1ncccn1)OCc1ccccc1. The Kier molecular flexibility index (Phi) is 5.11. The van der Waals surface area contributed by atoms with Gasteiger partial charge in [0.15, 0.2) is 0 Å². The lowest BCUT2D eigenvalue weighted by molar-refractivity contribution is 0.141. The molecular weight excluding hydrogens is 254 g/mol. The zero-order chi connectivity index (χ0) is 14.0. The van der Waals surface area contributed by atoms with Crippen molar-refractivity contribution in [2.75, 3.05) is 6.54 Å². The van der Waals surface area contributed by atoms with Crippen molar-refractivity contribution >= 4 is 6.09 Å². The van der Waals surface area contributed by atoms with Gasteiger partial charge in [-0.15, -0.1) is 0 Å². The van der Waals surface area contributed by atoms with Crippen LogP contribution in [0.25, 0.3) is 0 Å². The molecule has 1 N–H and O–H groups in total. The summed E-state index contributed by atoms with van der Waals surface area (Å²) in [4.78, 5) is 19.3. The van der Waals surface area contributed by atoms with Gasteiger partial charge in [0, 0.05) is 12.4 Å². The third-order valence-corrected chi connectivity index (χ3v) is 2.30. The van der Waals surface area contributed by atoms with Crippen molar-refractivity contribution in [1.82, 2.24) is 15.3 Å². The van der Waals surface area contributed by atoms with Gasteiger partial charge < -0.3 is 10.1 Å². The van der Waals surface area contributed by atoms with E-state index in [2.05, 4.69) is 27.1 Å². The van der Waals surface area contributed by atoms with Crippen LogP contribution in [0.5, 0.6) is 0 Å². The number of aromatic nitrogens is 2. The summed E-state index contributed by atoms with van der Waals surface area (Å²) in [6.45, 7) is 0.424. The summed E-state index contributed by atoms with van der Waals surface area (Å²) in [6, 6.07) is 11.2. The molecule has 1 aromatic carbocycles. The van der Waals surface area contributed by atoms with Crippen LogP contribution in [0.4, 0.5) is 4.79 Å². The molecule has 1 heterocycles. The van der Waals surface area contributed by atoms with Crippen molar-refractivity contribution in [2.24, 2.45) is 0 Å². The van der Waals surface area contributed by atoms with E-state index >= 15 is 0 Å². The summed E-state index contributed by atoms with van der Waals surface area (Å²) in [7, 11) is 0. The summed E-state index contributed by atoms with van der Waals surface area (Å²) in [5.74, 6) is 5.90. The molecule has 0 saturated carbocycles. The number of alkyl carbamates (subject to hydrolysis) is 1. The predicted molar refractivity (Wildman–Crippen MR) is 73.5 cm³/mol. The minimum atomic E-state index is -0.503. The fourth-order valence-electron chi connectivity index (χ4n) is 1.38. The first kappa shape index (κ1) is 13.6. The molecule has 2 aromatic rings. The second kappa shape index (κ2) is 7.54. The van der Waals surface area contributed by atoms with Crippen LogP contribution in [0.1, 0.15) is 11.4 Å². The molecule has 5 nitrogen and oxygen atoms in total. The van der Waals surface area contributed by atoms with Crippen molar-refractivity contribution in [3.8, 4) is 11.8 Å². The van der Waals surface area contributed by atoms with Crippen LogP contribution in [-0.4, -0.2) is 22.6 Å². The topological polar surface area (TPSA) is 64.1 Å². The van der Waals surface area contributed by atoms with Gasteiger partial charge in [0.1, 0.15) is 6.61 Å². The largest absolute Gasteiger partial charge is 0.445 e. The maximum Gasteiger partial charge on any atom is 0.408 e. The Balaban J connectivity index is 1.70. The molecule has 0 aliphatic heterocycles. The molecule has 0 atom stereocenters. The Labute approximate surface area is 117 Å². The summed E-state index contributed by atoms with van der Waals surface area (Å²) in [5, 5.41) is 2.53. The summed E-state index contributed by atoms with van der Waals surface area (Å²) < 4.78 is 5.03. The molecule has 0 unspecified atom stereocenters. The second-order valence-corrected chi connectivity index (χ2v) is 3.79. The number of nitrogens with zero attached hydrogens (tertiary/aromatic N) is 2. The number of ether oxygens (including phenoxy) is 1. The summed E-state index contributed by atoms with van der Waals surface area (Å²) >= 11 is 0. The van der Waals surface area contributed by atoms with Crippen molar-refractivity contribution in [3.63, 3.8) is 0 Å². The summed E-state index contributed by atoms with van der Waals surface area (Å²) in [5.41, 5.74) is 0.936. The number of nitrogens with one attached hydrogen (secondary N) is 1. The van der Waals surface area contributed by atoms with Gasteiger partial charge in [-0.05, 0) is 17.6 Å². The van der Waals surface area contributed by atoms with Crippen molar-refractivity contribution in [2.45, 2.75) is 6.61 Å². The van der Waals surface area contributed by atoms with E-state index < -0.39 is 6.09 Å². The monoisotopic (exact) mass is 267 g/mol. The highest BCUT2D eigenvalue weighted by Crippen LogP contribution is 2.00. The van der Waals surface area contributed by atoms with E-state index in [0.29, 0.717) is 5.82 Å². The highest BCUT2D eigenvalue weighted by Gasteiger charge is 1.99. The molecule has 0 bridgehead atoms. The molecule has 20 heavy (non-hydrogen) atoms. The first-order valence-electron chi connectivity index (χ1n) is 6.05. The van der Waals surface area contributed by atoms with E-state index in [-0.39, 0.29) is 13.2 Å². The third kappa shape index (κ3) is 4.78. The molecule has 0 radical (unpaired) electrons. The molecule has 0 fully saturated rings. The van der Waals surface area contributed by atoms with Gasteiger partial charge in [-0.25, -0.2) is 14.8 Å².